The highest BCUT2D eigenvalue weighted by molar-refractivity contribution is 7.98. The van der Waals surface area contributed by atoms with Gasteiger partial charge in [0.1, 0.15) is 0 Å². The molecular weight excluding hydrogens is 385 g/mol. The third-order valence-corrected chi connectivity index (χ3v) is 6.76. The van der Waals surface area contributed by atoms with Crippen molar-refractivity contribution < 1.29 is 18.0 Å². The average Bonchev–Trinajstić information content (AvgIpc) is 3.21. The Morgan fingerprint density at radius 1 is 1.18 bits per heavy atom. The van der Waals surface area contributed by atoms with Crippen LogP contribution in [-0.2, 0) is 12.6 Å². The molecule has 1 aliphatic carbocycles. The molecule has 0 radical (unpaired) electrons. The second kappa shape index (κ2) is 9.08. The van der Waals surface area contributed by atoms with Crippen molar-refractivity contribution in [2.24, 2.45) is 0 Å². The highest BCUT2D eigenvalue weighted by atomic mass is 32.2. The number of nitrogens with zero attached hydrogens (tertiary/aromatic N) is 1. The molecule has 1 aromatic rings. The van der Waals surface area contributed by atoms with Gasteiger partial charge in [-0.25, -0.2) is 0 Å². The van der Waals surface area contributed by atoms with Gasteiger partial charge in [0.25, 0.3) is 5.91 Å². The maximum Gasteiger partial charge on any atom is 0.416 e. The Morgan fingerprint density at radius 3 is 2.46 bits per heavy atom. The fourth-order valence-corrected chi connectivity index (χ4v) is 5.24. The number of alkyl halides is 3. The number of halogens is 3. The molecule has 2 fully saturated rings. The summed E-state index contributed by atoms with van der Waals surface area (Å²) in [7, 11) is 0. The van der Waals surface area contributed by atoms with Crippen LogP contribution in [0.1, 0.15) is 66.9 Å². The van der Waals surface area contributed by atoms with Crippen LogP contribution in [0.3, 0.4) is 0 Å². The van der Waals surface area contributed by atoms with Crippen LogP contribution in [-0.4, -0.2) is 42.2 Å². The quantitative estimate of drug-likeness (QED) is 0.678. The van der Waals surface area contributed by atoms with Crippen molar-refractivity contribution in [3.63, 3.8) is 0 Å². The minimum atomic E-state index is -4.41. The molecule has 1 heterocycles. The van der Waals surface area contributed by atoms with Crippen molar-refractivity contribution in [1.29, 1.82) is 0 Å². The van der Waals surface area contributed by atoms with Crippen molar-refractivity contribution in [2.45, 2.75) is 75.0 Å². The summed E-state index contributed by atoms with van der Waals surface area (Å²) in [5, 5.41) is 3.19. The lowest BCUT2D eigenvalue weighted by molar-refractivity contribution is -0.137. The molecule has 1 amide bonds. The molecular formula is C21H29F3N2OS. The van der Waals surface area contributed by atoms with Crippen molar-refractivity contribution >= 4 is 17.7 Å². The number of hydrogen-bond acceptors (Lipinski definition) is 3. The Morgan fingerprint density at radius 2 is 1.86 bits per heavy atom. The van der Waals surface area contributed by atoms with Gasteiger partial charge in [-0.3, -0.25) is 9.69 Å². The predicted molar refractivity (Wildman–Crippen MR) is 107 cm³/mol. The van der Waals surface area contributed by atoms with Gasteiger partial charge in [0, 0.05) is 17.0 Å². The van der Waals surface area contributed by atoms with E-state index < -0.39 is 11.7 Å². The van der Waals surface area contributed by atoms with E-state index in [1.165, 1.54) is 31.0 Å². The molecule has 1 N–H and O–H groups in total. The first-order chi connectivity index (χ1) is 13.3. The van der Waals surface area contributed by atoms with Gasteiger partial charge in [0.05, 0.1) is 11.1 Å². The number of rotatable bonds is 5. The smallest absolute Gasteiger partial charge is 0.348 e. The first-order valence-corrected chi connectivity index (χ1v) is 11.4. The number of amides is 1. The molecule has 1 aromatic carbocycles. The molecule has 1 aliphatic heterocycles. The molecule has 156 valence electrons. The lowest BCUT2D eigenvalue weighted by Gasteiger charge is -2.38. The minimum absolute atomic E-state index is 0.0704. The summed E-state index contributed by atoms with van der Waals surface area (Å²) in [6, 6.07) is 2.66. The van der Waals surface area contributed by atoms with Crippen LogP contribution in [0.5, 0.6) is 0 Å². The van der Waals surface area contributed by atoms with E-state index in [0.29, 0.717) is 28.5 Å². The number of carbonyl (C=O) groups is 1. The Kier molecular flexibility index (Phi) is 6.97. The summed E-state index contributed by atoms with van der Waals surface area (Å²) >= 11 is 1.20. The lowest BCUT2D eigenvalue weighted by atomic mass is 9.88. The van der Waals surface area contributed by atoms with Crippen LogP contribution in [0.2, 0.25) is 0 Å². The maximum atomic E-state index is 13.2. The van der Waals surface area contributed by atoms with Crippen molar-refractivity contribution in [3.05, 3.63) is 28.8 Å². The molecule has 3 rings (SSSR count). The first-order valence-electron chi connectivity index (χ1n) is 10.2. The molecule has 28 heavy (non-hydrogen) atoms. The summed E-state index contributed by atoms with van der Waals surface area (Å²) in [5.74, 6) is -0.231. The molecule has 0 bridgehead atoms. The topological polar surface area (TPSA) is 32.3 Å². The molecule has 0 unspecified atom stereocenters. The Hall–Kier alpha value is -1.21. The molecule has 1 saturated carbocycles. The summed E-state index contributed by atoms with van der Waals surface area (Å²) in [4.78, 5) is 16.0. The molecule has 2 atom stereocenters. The second-order valence-corrected chi connectivity index (χ2v) is 8.59. The van der Waals surface area contributed by atoms with E-state index in [9.17, 15) is 18.0 Å². The zero-order valence-electron chi connectivity index (χ0n) is 16.6. The fraction of sp³-hybridized carbons (Fsp3) is 0.667. The number of benzene rings is 1. The zero-order valence-corrected chi connectivity index (χ0v) is 17.4. The third kappa shape index (κ3) is 4.67. The van der Waals surface area contributed by atoms with E-state index >= 15 is 0 Å². The highest BCUT2D eigenvalue weighted by Crippen LogP contribution is 2.36. The van der Waals surface area contributed by atoms with Crippen LogP contribution in [0.15, 0.2) is 17.0 Å². The summed E-state index contributed by atoms with van der Waals surface area (Å²) < 4.78 is 39.7. The van der Waals surface area contributed by atoms with Gasteiger partial charge < -0.3 is 5.32 Å². The standard InChI is InChI=1S/C21H29F3N2OS/c1-3-14-12-15(21(22,23)24)13-18(28-2)19(14)20(27)25-16-8-4-5-9-17(16)26-10-6-7-11-26/h12-13,16-17H,3-11H2,1-2H3,(H,25,27)/t16-,17+/m1/s1. The predicted octanol–water partition coefficient (Wildman–Crippen LogP) is 5.13. The number of carbonyl (C=O) groups excluding carboxylic acids is 1. The number of aryl methyl sites for hydroxylation is 1. The van der Waals surface area contributed by atoms with Gasteiger partial charge in [0.15, 0.2) is 0 Å². The second-order valence-electron chi connectivity index (χ2n) is 7.74. The van der Waals surface area contributed by atoms with Crippen LogP contribution in [0.4, 0.5) is 13.2 Å². The van der Waals surface area contributed by atoms with E-state index in [1.54, 1.807) is 13.2 Å². The van der Waals surface area contributed by atoms with Crippen molar-refractivity contribution in [1.82, 2.24) is 10.2 Å². The van der Waals surface area contributed by atoms with Crippen LogP contribution in [0.25, 0.3) is 0 Å². The Balaban J connectivity index is 1.86. The number of hydrogen-bond donors (Lipinski definition) is 1. The van der Waals surface area contributed by atoms with Gasteiger partial charge in [-0.05, 0) is 69.1 Å². The molecule has 0 spiro atoms. The SMILES string of the molecule is CCc1cc(C(F)(F)F)cc(SC)c1C(=O)N[C@@H]1CCCC[C@@H]1N1CCCC1. The Labute approximate surface area is 169 Å². The lowest BCUT2D eigenvalue weighted by Crippen LogP contribution is -2.52. The van der Waals surface area contributed by atoms with Gasteiger partial charge in [-0.15, -0.1) is 11.8 Å². The largest absolute Gasteiger partial charge is 0.416 e. The Bertz CT molecular complexity index is 676. The van der Waals surface area contributed by atoms with Crippen molar-refractivity contribution in [3.8, 4) is 0 Å². The summed E-state index contributed by atoms with van der Waals surface area (Å²) in [5.41, 5.74) is 0.191. The van der Waals surface area contributed by atoms with Gasteiger partial charge >= 0.3 is 6.18 Å². The van der Waals surface area contributed by atoms with Crippen LogP contribution < -0.4 is 5.32 Å². The monoisotopic (exact) mass is 414 g/mol. The van der Waals surface area contributed by atoms with E-state index in [-0.39, 0.29) is 11.9 Å². The number of thioether (sulfide) groups is 1. The highest BCUT2D eigenvalue weighted by Gasteiger charge is 2.35. The van der Waals surface area contributed by atoms with E-state index in [1.807, 2.05) is 0 Å². The third-order valence-electron chi connectivity index (χ3n) is 5.99. The molecule has 2 aliphatic rings. The van der Waals surface area contributed by atoms with Crippen LogP contribution in [0, 0.1) is 0 Å². The average molecular weight is 415 g/mol. The van der Waals surface area contributed by atoms with E-state index in [4.69, 9.17) is 0 Å². The number of nitrogens with one attached hydrogen (secondary N) is 1. The van der Waals surface area contributed by atoms with Crippen LogP contribution >= 0.6 is 11.8 Å². The summed E-state index contributed by atoms with van der Waals surface area (Å²) in [6.45, 7) is 3.95. The minimum Gasteiger partial charge on any atom is -0.348 e. The van der Waals surface area contributed by atoms with Gasteiger partial charge in [0.2, 0.25) is 0 Å². The number of likely N-dealkylation sites (tertiary alicyclic amines) is 1. The molecule has 3 nitrogen and oxygen atoms in total. The van der Waals surface area contributed by atoms with Gasteiger partial charge in [-0.1, -0.05) is 19.8 Å². The first kappa shape index (κ1) is 21.5. The van der Waals surface area contributed by atoms with E-state index in [0.717, 1.165) is 44.5 Å². The maximum absolute atomic E-state index is 13.2. The summed E-state index contributed by atoms with van der Waals surface area (Å²) in [6.07, 6.45) is 4.37. The van der Waals surface area contributed by atoms with E-state index in [2.05, 4.69) is 10.2 Å². The molecule has 0 aromatic heterocycles. The normalized spacial score (nSPS) is 23.8. The van der Waals surface area contributed by atoms with Crippen molar-refractivity contribution in [2.75, 3.05) is 19.3 Å². The zero-order chi connectivity index (χ0) is 20.3. The fourth-order valence-electron chi connectivity index (χ4n) is 4.56. The van der Waals surface area contributed by atoms with Gasteiger partial charge in [-0.2, -0.15) is 13.2 Å². The molecule has 7 heteroatoms. The molecule has 1 saturated heterocycles.